The van der Waals surface area contributed by atoms with Gasteiger partial charge in [-0.25, -0.2) is 18.4 Å². The predicted molar refractivity (Wildman–Crippen MR) is 135 cm³/mol. The normalized spacial score (nSPS) is 16.8. The lowest BCUT2D eigenvalue weighted by Crippen LogP contribution is -2.57. The molecule has 13 heteroatoms. The minimum atomic E-state index is -3.89. The van der Waals surface area contributed by atoms with Crippen molar-refractivity contribution in [2.45, 2.75) is 17.5 Å². The topological polar surface area (TPSA) is 146 Å². The van der Waals surface area contributed by atoms with Crippen LogP contribution in [-0.4, -0.2) is 75.9 Å². The molecule has 4 aromatic rings. The standard InChI is InChI=1S/C24H23ClN6O5S/c25-18-4-5-20-16(11-18)12-22(28-20)37(35,36)29-8-9-30(19(15-29)6-10-32)24(33)23-26-13-17(14-27-23)21-3-1-2-7-31(21)34/h1-5,7,11-14,19,28,32H,6,8-10,15H2. The summed E-state index contributed by atoms with van der Waals surface area (Å²) in [4.78, 5) is 25.9. The molecular weight excluding hydrogens is 520 g/mol. The Morgan fingerprint density at radius 3 is 2.70 bits per heavy atom. The fourth-order valence-electron chi connectivity index (χ4n) is 4.41. The molecule has 1 aromatic carbocycles. The minimum Gasteiger partial charge on any atom is -0.618 e. The van der Waals surface area contributed by atoms with Gasteiger partial charge in [-0.2, -0.15) is 9.04 Å². The van der Waals surface area contributed by atoms with Gasteiger partial charge in [-0.15, -0.1) is 0 Å². The molecular formula is C24H23ClN6O5S. The zero-order valence-corrected chi connectivity index (χ0v) is 21.1. The number of aliphatic hydroxyl groups is 1. The number of aliphatic hydroxyl groups excluding tert-OH is 1. The summed E-state index contributed by atoms with van der Waals surface area (Å²) in [6.07, 6.45) is 4.33. The number of halogens is 1. The van der Waals surface area contributed by atoms with Crippen molar-refractivity contribution in [2.24, 2.45) is 0 Å². The van der Waals surface area contributed by atoms with E-state index >= 15 is 0 Å². The van der Waals surface area contributed by atoms with Gasteiger partial charge in [-0.3, -0.25) is 4.79 Å². The van der Waals surface area contributed by atoms with Gasteiger partial charge in [0.2, 0.25) is 11.5 Å². The summed E-state index contributed by atoms with van der Waals surface area (Å²) in [5.74, 6) is -0.561. The highest BCUT2D eigenvalue weighted by Gasteiger charge is 2.37. The van der Waals surface area contributed by atoms with Gasteiger partial charge in [0.15, 0.2) is 6.20 Å². The average Bonchev–Trinajstić information content (AvgIpc) is 3.33. The van der Waals surface area contributed by atoms with Gasteiger partial charge in [0, 0.05) is 72.7 Å². The number of amides is 1. The molecule has 192 valence electrons. The Labute approximate surface area is 217 Å². The van der Waals surface area contributed by atoms with Crippen molar-refractivity contribution < 1.29 is 23.0 Å². The number of rotatable bonds is 6. The van der Waals surface area contributed by atoms with Crippen LogP contribution in [0.1, 0.15) is 17.0 Å². The highest BCUT2D eigenvalue weighted by atomic mass is 35.5. The van der Waals surface area contributed by atoms with Crippen LogP contribution >= 0.6 is 11.6 Å². The summed E-state index contributed by atoms with van der Waals surface area (Å²) in [6.45, 7) is -0.0723. The molecule has 4 heterocycles. The first-order valence-corrected chi connectivity index (χ1v) is 13.3. The van der Waals surface area contributed by atoms with Crippen LogP contribution in [0, 0.1) is 5.21 Å². The number of carbonyl (C=O) groups is 1. The summed E-state index contributed by atoms with van der Waals surface area (Å²) in [5.41, 5.74) is 1.44. The monoisotopic (exact) mass is 542 g/mol. The molecule has 37 heavy (non-hydrogen) atoms. The third-order valence-electron chi connectivity index (χ3n) is 6.31. The maximum atomic E-state index is 13.4. The van der Waals surface area contributed by atoms with Crippen LogP contribution in [0.25, 0.3) is 22.2 Å². The quantitative estimate of drug-likeness (QED) is 0.279. The molecule has 1 aliphatic rings. The molecule has 1 atom stereocenters. The number of aromatic amines is 1. The van der Waals surface area contributed by atoms with Crippen molar-refractivity contribution in [1.29, 1.82) is 0 Å². The van der Waals surface area contributed by atoms with E-state index in [1.165, 1.54) is 33.9 Å². The lowest BCUT2D eigenvalue weighted by molar-refractivity contribution is -0.593. The Bertz CT molecular complexity index is 1560. The summed E-state index contributed by atoms with van der Waals surface area (Å²) >= 11 is 6.03. The lowest BCUT2D eigenvalue weighted by Gasteiger charge is -2.40. The molecule has 1 saturated heterocycles. The zero-order valence-electron chi connectivity index (χ0n) is 19.5. The Morgan fingerprint density at radius 1 is 1.19 bits per heavy atom. The van der Waals surface area contributed by atoms with Crippen molar-refractivity contribution in [3.63, 3.8) is 0 Å². The van der Waals surface area contributed by atoms with Gasteiger partial charge in [0.05, 0.1) is 5.56 Å². The van der Waals surface area contributed by atoms with E-state index in [4.69, 9.17) is 11.6 Å². The average molecular weight is 543 g/mol. The second-order valence-electron chi connectivity index (χ2n) is 8.60. The molecule has 1 aliphatic heterocycles. The number of hydrogen-bond acceptors (Lipinski definition) is 7. The Balaban J connectivity index is 1.35. The van der Waals surface area contributed by atoms with E-state index in [0.29, 0.717) is 31.9 Å². The Hall–Kier alpha value is -3.58. The maximum Gasteiger partial charge on any atom is 0.291 e. The third-order valence-corrected chi connectivity index (χ3v) is 8.33. The molecule has 0 bridgehead atoms. The van der Waals surface area contributed by atoms with Gasteiger partial charge in [0.25, 0.3) is 15.9 Å². The van der Waals surface area contributed by atoms with Crippen LogP contribution in [-0.2, 0) is 10.0 Å². The van der Waals surface area contributed by atoms with Crippen LogP contribution in [0.5, 0.6) is 0 Å². The van der Waals surface area contributed by atoms with Crippen LogP contribution in [0.15, 0.2) is 66.1 Å². The number of H-pyrrole nitrogens is 1. The predicted octanol–water partition coefficient (Wildman–Crippen LogP) is 1.81. The fraction of sp³-hybridized carbons (Fsp3) is 0.250. The van der Waals surface area contributed by atoms with E-state index in [-0.39, 0.29) is 43.5 Å². The largest absolute Gasteiger partial charge is 0.618 e. The van der Waals surface area contributed by atoms with Gasteiger partial charge >= 0.3 is 0 Å². The second-order valence-corrected chi connectivity index (χ2v) is 10.9. The number of aromatic nitrogens is 4. The molecule has 1 unspecified atom stereocenters. The first kappa shape index (κ1) is 25.1. The molecule has 1 amide bonds. The molecule has 5 rings (SSSR count). The smallest absolute Gasteiger partial charge is 0.291 e. The third kappa shape index (κ3) is 4.88. The van der Waals surface area contributed by atoms with E-state index < -0.39 is 22.0 Å². The number of benzene rings is 1. The highest BCUT2D eigenvalue weighted by molar-refractivity contribution is 7.89. The number of sulfonamides is 1. The molecule has 11 nitrogen and oxygen atoms in total. The molecule has 0 spiro atoms. The minimum absolute atomic E-state index is 0.00301. The summed E-state index contributed by atoms with van der Waals surface area (Å²) in [5, 5.41) is 22.8. The Kier molecular flexibility index (Phi) is 6.82. The highest BCUT2D eigenvalue weighted by Crippen LogP contribution is 2.26. The first-order valence-electron chi connectivity index (χ1n) is 11.5. The van der Waals surface area contributed by atoms with Gasteiger partial charge < -0.3 is 20.2 Å². The fourth-order valence-corrected chi connectivity index (χ4v) is 6.08. The van der Waals surface area contributed by atoms with Crippen molar-refractivity contribution in [3.8, 4) is 11.3 Å². The second kappa shape index (κ2) is 10.1. The van der Waals surface area contributed by atoms with Crippen molar-refractivity contribution in [1.82, 2.24) is 24.2 Å². The molecule has 0 aliphatic carbocycles. The van der Waals surface area contributed by atoms with Crippen molar-refractivity contribution in [3.05, 3.63) is 77.1 Å². The van der Waals surface area contributed by atoms with Gasteiger partial charge in [-0.05, 0) is 36.8 Å². The summed E-state index contributed by atoms with van der Waals surface area (Å²) in [6, 6.07) is 10.9. The lowest BCUT2D eigenvalue weighted by atomic mass is 10.1. The Morgan fingerprint density at radius 2 is 1.97 bits per heavy atom. The van der Waals surface area contributed by atoms with Crippen molar-refractivity contribution >= 4 is 38.4 Å². The molecule has 1 fully saturated rings. The zero-order chi connectivity index (χ0) is 26.2. The van der Waals surface area contributed by atoms with E-state index in [9.17, 15) is 23.5 Å². The van der Waals surface area contributed by atoms with Crippen LogP contribution in [0.2, 0.25) is 5.02 Å². The van der Waals surface area contributed by atoms with Crippen LogP contribution in [0.4, 0.5) is 0 Å². The van der Waals surface area contributed by atoms with E-state index in [1.807, 2.05) is 0 Å². The van der Waals surface area contributed by atoms with Crippen LogP contribution in [0.3, 0.4) is 0 Å². The molecule has 0 saturated carbocycles. The van der Waals surface area contributed by atoms with E-state index in [1.54, 1.807) is 36.4 Å². The molecule has 3 aromatic heterocycles. The van der Waals surface area contributed by atoms with Gasteiger partial charge in [-0.1, -0.05) is 11.6 Å². The summed E-state index contributed by atoms with van der Waals surface area (Å²) < 4.78 is 28.7. The number of pyridine rings is 1. The van der Waals surface area contributed by atoms with Crippen molar-refractivity contribution in [2.75, 3.05) is 26.2 Å². The SMILES string of the molecule is O=C(c1ncc(-c2cccc[n+]2[O-])cn1)N1CCN(S(=O)(=O)c2cc3cc(Cl)ccc3[nH]2)CC1CCO. The number of hydrogen-bond donors (Lipinski definition) is 2. The number of nitrogens with zero attached hydrogens (tertiary/aromatic N) is 5. The van der Waals surface area contributed by atoms with Crippen LogP contribution < -0.4 is 4.73 Å². The number of piperazine rings is 1. The van der Waals surface area contributed by atoms with E-state index in [2.05, 4.69) is 15.0 Å². The molecule has 0 radical (unpaired) electrons. The maximum absolute atomic E-state index is 13.4. The van der Waals surface area contributed by atoms with Gasteiger partial charge in [0.1, 0.15) is 5.03 Å². The first-order chi connectivity index (χ1) is 17.8. The van der Waals surface area contributed by atoms with E-state index in [0.717, 1.165) is 0 Å². The molecule has 2 N–H and O–H groups in total. The number of nitrogens with one attached hydrogen (secondary N) is 1. The number of fused-ring (bicyclic) bond motifs is 1. The number of carbonyl (C=O) groups excluding carboxylic acids is 1. The summed E-state index contributed by atoms with van der Waals surface area (Å²) in [7, 11) is -3.89.